The Labute approximate surface area is 114 Å². The summed E-state index contributed by atoms with van der Waals surface area (Å²) in [5.74, 6) is 0.920. The maximum atomic E-state index is 12.1. The first-order chi connectivity index (χ1) is 8.99. The second-order valence-corrected chi connectivity index (χ2v) is 5.16. The van der Waals surface area contributed by atoms with E-state index in [1.165, 1.54) is 6.42 Å². The van der Waals surface area contributed by atoms with E-state index >= 15 is 0 Å². The van der Waals surface area contributed by atoms with Crippen LogP contribution in [0.25, 0.3) is 0 Å². The zero-order valence-corrected chi connectivity index (χ0v) is 11.8. The van der Waals surface area contributed by atoms with E-state index < -0.39 is 6.61 Å². The molecule has 0 fully saturated rings. The van der Waals surface area contributed by atoms with Crippen LogP contribution in [0.2, 0.25) is 0 Å². The van der Waals surface area contributed by atoms with Crippen LogP contribution in [0.15, 0.2) is 24.3 Å². The molecule has 1 aromatic carbocycles. The molecule has 0 heterocycles. The van der Waals surface area contributed by atoms with Gasteiger partial charge in [0, 0.05) is 6.04 Å². The van der Waals surface area contributed by atoms with Crippen molar-refractivity contribution in [2.45, 2.75) is 46.3 Å². The molecular formula is C15H23F2NO. The lowest BCUT2D eigenvalue weighted by atomic mass is 10.1. The molecule has 2 nitrogen and oxygen atoms in total. The highest BCUT2D eigenvalue weighted by atomic mass is 19.3. The number of ether oxygens (including phenoxy) is 1. The monoisotopic (exact) mass is 271 g/mol. The van der Waals surface area contributed by atoms with Crippen LogP contribution in [-0.2, 0) is 0 Å². The van der Waals surface area contributed by atoms with Crippen molar-refractivity contribution in [2.24, 2.45) is 5.92 Å². The minimum Gasteiger partial charge on any atom is -0.435 e. The molecule has 0 radical (unpaired) electrons. The summed E-state index contributed by atoms with van der Waals surface area (Å²) in [4.78, 5) is 0. The predicted octanol–water partition coefficient (Wildman–Crippen LogP) is 4.37. The average molecular weight is 271 g/mol. The zero-order valence-electron chi connectivity index (χ0n) is 11.8. The quantitative estimate of drug-likeness (QED) is 0.709. The first-order valence-corrected chi connectivity index (χ1v) is 6.77. The summed E-state index contributed by atoms with van der Waals surface area (Å²) in [6.45, 7) is 4.59. The summed E-state index contributed by atoms with van der Waals surface area (Å²) in [5.41, 5.74) is 0.961. The molecular weight excluding hydrogens is 248 g/mol. The highest BCUT2D eigenvalue weighted by molar-refractivity contribution is 5.30. The molecule has 1 N–H and O–H groups in total. The number of hydrogen-bond donors (Lipinski definition) is 1. The van der Waals surface area contributed by atoms with E-state index in [-0.39, 0.29) is 11.8 Å². The summed E-state index contributed by atoms with van der Waals surface area (Å²) in [6.07, 6.45) is 2.31. The third-order valence-corrected chi connectivity index (χ3v) is 2.99. The normalized spacial score (nSPS) is 13.0. The van der Waals surface area contributed by atoms with Gasteiger partial charge in [-0.1, -0.05) is 26.0 Å². The Kier molecular flexibility index (Phi) is 6.78. The van der Waals surface area contributed by atoms with Gasteiger partial charge < -0.3 is 10.1 Å². The molecule has 0 amide bonds. The fourth-order valence-electron chi connectivity index (χ4n) is 1.91. The van der Waals surface area contributed by atoms with E-state index in [4.69, 9.17) is 0 Å². The van der Waals surface area contributed by atoms with Gasteiger partial charge in [-0.3, -0.25) is 0 Å². The molecule has 0 saturated heterocycles. The summed E-state index contributed by atoms with van der Waals surface area (Å²) in [7, 11) is 0. The lowest BCUT2D eigenvalue weighted by Gasteiger charge is -2.16. The van der Waals surface area contributed by atoms with Crippen LogP contribution >= 0.6 is 0 Å². The van der Waals surface area contributed by atoms with E-state index in [0.717, 1.165) is 18.5 Å². The fourth-order valence-corrected chi connectivity index (χ4v) is 1.91. The van der Waals surface area contributed by atoms with Crippen molar-refractivity contribution >= 4 is 0 Å². The third-order valence-electron chi connectivity index (χ3n) is 2.99. The zero-order chi connectivity index (χ0) is 14.3. The standard InChI is InChI=1S/C15H23F2NO/c1-11(2)6-5-9-18-12(3)13-7-4-8-14(10-13)19-15(16)17/h4,7-8,10-12,15,18H,5-6,9H2,1-3H3. The fraction of sp³-hybridized carbons (Fsp3) is 0.600. The van der Waals surface area contributed by atoms with Crippen molar-refractivity contribution in [1.82, 2.24) is 5.32 Å². The largest absolute Gasteiger partial charge is 0.435 e. The molecule has 0 aliphatic carbocycles. The van der Waals surface area contributed by atoms with Gasteiger partial charge in [-0.25, -0.2) is 0 Å². The maximum Gasteiger partial charge on any atom is 0.387 e. The Balaban J connectivity index is 2.45. The lowest BCUT2D eigenvalue weighted by Crippen LogP contribution is -2.20. The predicted molar refractivity (Wildman–Crippen MR) is 73.6 cm³/mol. The number of nitrogens with one attached hydrogen (secondary N) is 1. The second-order valence-electron chi connectivity index (χ2n) is 5.16. The maximum absolute atomic E-state index is 12.1. The molecule has 1 unspecified atom stereocenters. The van der Waals surface area contributed by atoms with Crippen LogP contribution in [0.5, 0.6) is 5.75 Å². The number of hydrogen-bond acceptors (Lipinski definition) is 2. The number of halogens is 2. The minimum absolute atomic E-state index is 0.133. The van der Waals surface area contributed by atoms with Gasteiger partial charge in [0.05, 0.1) is 0 Å². The van der Waals surface area contributed by atoms with Crippen LogP contribution in [0.1, 0.15) is 45.2 Å². The second kappa shape index (κ2) is 8.10. The Morgan fingerprint density at radius 2 is 1.95 bits per heavy atom. The Hall–Kier alpha value is -1.16. The summed E-state index contributed by atoms with van der Waals surface area (Å²) in [5, 5.41) is 3.39. The SMILES string of the molecule is CC(C)CCCNC(C)c1cccc(OC(F)F)c1. The molecule has 19 heavy (non-hydrogen) atoms. The van der Waals surface area contributed by atoms with Gasteiger partial charge in [0.2, 0.25) is 0 Å². The molecule has 108 valence electrons. The molecule has 0 bridgehead atoms. The van der Waals surface area contributed by atoms with E-state index in [1.54, 1.807) is 18.2 Å². The van der Waals surface area contributed by atoms with Gasteiger partial charge in [0.15, 0.2) is 0 Å². The van der Waals surface area contributed by atoms with Gasteiger partial charge in [-0.15, -0.1) is 0 Å². The van der Waals surface area contributed by atoms with Crippen LogP contribution < -0.4 is 10.1 Å². The van der Waals surface area contributed by atoms with Crippen molar-refractivity contribution in [1.29, 1.82) is 0 Å². The van der Waals surface area contributed by atoms with Gasteiger partial charge >= 0.3 is 6.61 Å². The highest BCUT2D eigenvalue weighted by Crippen LogP contribution is 2.20. The Morgan fingerprint density at radius 1 is 1.21 bits per heavy atom. The molecule has 1 aromatic rings. The van der Waals surface area contributed by atoms with Gasteiger partial charge in [-0.2, -0.15) is 8.78 Å². The third kappa shape index (κ3) is 6.53. The Bertz CT molecular complexity index is 369. The van der Waals surface area contributed by atoms with Crippen LogP contribution in [0, 0.1) is 5.92 Å². The number of alkyl halides is 2. The molecule has 0 aromatic heterocycles. The molecule has 0 spiro atoms. The molecule has 0 saturated carbocycles. The van der Waals surface area contributed by atoms with Crippen molar-refractivity contribution in [3.63, 3.8) is 0 Å². The van der Waals surface area contributed by atoms with Crippen molar-refractivity contribution in [3.05, 3.63) is 29.8 Å². The topological polar surface area (TPSA) is 21.3 Å². The smallest absolute Gasteiger partial charge is 0.387 e. The van der Waals surface area contributed by atoms with Crippen molar-refractivity contribution in [2.75, 3.05) is 6.54 Å². The summed E-state index contributed by atoms with van der Waals surface area (Å²) >= 11 is 0. The van der Waals surface area contributed by atoms with Crippen LogP contribution in [-0.4, -0.2) is 13.2 Å². The van der Waals surface area contributed by atoms with Crippen molar-refractivity contribution < 1.29 is 13.5 Å². The highest BCUT2D eigenvalue weighted by Gasteiger charge is 2.08. The van der Waals surface area contributed by atoms with E-state index in [1.807, 2.05) is 13.0 Å². The first kappa shape index (κ1) is 15.9. The van der Waals surface area contributed by atoms with E-state index in [9.17, 15) is 8.78 Å². The lowest BCUT2D eigenvalue weighted by molar-refractivity contribution is -0.0499. The number of rotatable bonds is 8. The number of benzene rings is 1. The Morgan fingerprint density at radius 3 is 2.58 bits per heavy atom. The molecule has 4 heteroatoms. The minimum atomic E-state index is -2.77. The van der Waals surface area contributed by atoms with Gasteiger partial charge in [-0.05, 0) is 49.9 Å². The van der Waals surface area contributed by atoms with E-state index in [2.05, 4.69) is 23.9 Å². The molecule has 0 aliphatic heterocycles. The van der Waals surface area contributed by atoms with Gasteiger partial charge in [0.1, 0.15) is 5.75 Å². The molecule has 1 rings (SSSR count). The summed E-state index contributed by atoms with van der Waals surface area (Å²) in [6, 6.07) is 6.99. The van der Waals surface area contributed by atoms with E-state index in [0.29, 0.717) is 5.92 Å². The summed E-state index contributed by atoms with van der Waals surface area (Å²) < 4.78 is 28.7. The molecule has 0 aliphatic rings. The van der Waals surface area contributed by atoms with Crippen LogP contribution in [0.4, 0.5) is 8.78 Å². The average Bonchev–Trinajstić information content (AvgIpc) is 2.33. The van der Waals surface area contributed by atoms with Gasteiger partial charge in [0.25, 0.3) is 0 Å². The van der Waals surface area contributed by atoms with Crippen LogP contribution in [0.3, 0.4) is 0 Å². The first-order valence-electron chi connectivity index (χ1n) is 6.77. The van der Waals surface area contributed by atoms with Crippen molar-refractivity contribution in [3.8, 4) is 5.75 Å². The molecule has 1 atom stereocenters.